The Hall–Kier alpha value is -1.94. The van der Waals surface area contributed by atoms with Gasteiger partial charge in [-0.25, -0.2) is 0 Å². The molecule has 4 heteroatoms. The van der Waals surface area contributed by atoms with Crippen LogP contribution in [0, 0.1) is 5.41 Å². The predicted molar refractivity (Wildman–Crippen MR) is 89.8 cm³/mol. The molecule has 0 aliphatic carbocycles. The second-order valence-electron chi connectivity index (χ2n) is 5.04. The van der Waals surface area contributed by atoms with E-state index in [4.69, 9.17) is 15.9 Å². The third-order valence-electron chi connectivity index (χ3n) is 3.24. The number of benzene rings is 2. The first-order valence-corrected chi connectivity index (χ1v) is 8.05. The third kappa shape index (κ3) is 3.39. The monoisotopic (exact) mass is 300 g/mol. The highest BCUT2D eigenvalue weighted by Crippen LogP contribution is 2.35. The van der Waals surface area contributed by atoms with Gasteiger partial charge in [-0.15, -0.1) is 11.8 Å². The normalized spacial score (nSPS) is 10.7. The van der Waals surface area contributed by atoms with E-state index in [-0.39, 0.29) is 5.84 Å². The molecule has 0 heterocycles. The Morgan fingerprint density at radius 2 is 1.76 bits per heavy atom. The van der Waals surface area contributed by atoms with Crippen LogP contribution in [0.5, 0.6) is 11.5 Å². The summed E-state index contributed by atoms with van der Waals surface area (Å²) in [4.78, 5) is 0.946. The third-order valence-corrected chi connectivity index (χ3v) is 4.02. The van der Waals surface area contributed by atoms with Crippen molar-refractivity contribution in [2.24, 2.45) is 5.73 Å². The van der Waals surface area contributed by atoms with E-state index in [9.17, 15) is 0 Å². The van der Waals surface area contributed by atoms with Crippen LogP contribution >= 0.6 is 11.8 Å². The number of rotatable bonds is 5. The van der Waals surface area contributed by atoms with Crippen LogP contribution in [0.4, 0.5) is 0 Å². The molecule has 0 aromatic heterocycles. The maximum Gasteiger partial charge on any atom is 0.139 e. The van der Waals surface area contributed by atoms with Crippen LogP contribution in [-0.4, -0.2) is 12.1 Å². The number of nitrogens with two attached hydrogens (primary N) is 1. The van der Waals surface area contributed by atoms with Crippen LogP contribution in [-0.2, 0) is 0 Å². The van der Waals surface area contributed by atoms with E-state index in [1.54, 1.807) is 11.8 Å². The predicted octanol–water partition coefficient (Wildman–Crippen LogP) is 4.61. The van der Waals surface area contributed by atoms with Crippen LogP contribution < -0.4 is 10.5 Å². The summed E-state index contributed by atoms with van der Waals surface area (Å²) in [5.41, 5.74) is 7.53. The Labute approximate surface area is 130 Å². The van der Waals surface area contributed by atoms with E-state index in [2.05, 4.69) is 19.9 Å². The van der Waals surface area contributed by atoms with Crippen molar-refractivity contribution in [1.82, 2.24) is 0 Å². The number of nitrogen functional groups attached to an aromatic ring is 1. The molecule has 0 fully saturated rings. The van der Waals surface area contributed by atoms with E-state index in [0.717, 1.165) is 16.2 Å². The highest BCUT2D eigenvalue weighted by molar-refractivity contribution is 7.98. The first-order chi connectivity index (χ1) is 10.0. The largest absolute Gasteiger partial charge is 0.456 e. The van der Waals surface area contributed by atoms with Crippen molar-refractivity contribution in [3.63, 3.8) is 0 Å². The molecule has 3 N–H and O–H groups in total. The Morgan fingerprint density at radius 3 is 2.38 bits per heavy atom. The molecule has 0 saturated heterocycles. The average molecular weight is 300 g/mol. The maximum atomic E-state index is 7.81. The summed E-state index contributed by atoms with van der Waals surface area (Å²) >= 11 is 1.56. The fourth-order valence-electron chi connectivity index (χ4n) is 2.20. The molecule has 0 aliphatic heterocycles. The molecule has 0 unspecified atom stereocenters. The zero-order chi connectivity index (χ0) is 15.4. The number of hydrogen-bond acceptors (Lipinski definition) is 3. The lowest BCUT2D eigenvalue weighted by Gasteiger charge is -2.17. The van der Waals surface area contributed by atoms with Gasteiger partial charge in [-0.1, -0.05) is 38.1 Å². The molecule has 21 heavy (non-hydrogen) atoms. The Bertz CT molecular complexity index is 653. The van der Waals surface area contributed by atoms with Gasteiger partial charge in [0.05, 0.1) is 5.56 Å². The van der Waals surface area contributed by atoms with Gasteiger partial charge in [-0.2, -0.15) is 0 Å². The molecule has 2 aromatic carbocycles. The van der Waals surface area contributed by atoms with Gasteiger partial charge in [0.2, 0.25) is 0 Å². The van der Waals surface area contributed by atoms with Gasteiger partial charge in [-0.05, 0) is 35.9 Å². The molecule has 0 bridgehead atoms. The van der Waals surface area contributed by atoms with Gasteiger partial charge in [0, 0.05) is 4.90 Å². The van der Waals surface area contributed by atoms with Gasteiger partial charge >= 0.3 is 0 Å². The molecule has 0 amide bonds. The van der Waals surface area contributed by atoms with Crippen molar-refractivity contribution in [1.29, 1.82) is 5.41 Å². The van der Waals surface area contributed by atoms with Gasteiger partial charge in [-0.3, -0.25) is 5.41 Å². The van der Waals surface area contributed by atoms with Gasteiger partial charge in [0.15, 0.2) is 0 Å². The lowest BCUT2D eigenvalue weighted by molar-refractivity contribution is 0.470. The molecule has 0 spiro atoms. The number of amidine groups is 1. The van der Waals surface area contributed by atoms with Gasteiger partial charge in [0.1, 0.15) is 17.3 Å². The zero-order valence-electron chi connectivity index (χ0n) is 12.5. The summed E-state index contributed by atoms with van der Waals surface area (Å²) in [7, 11) is 0. The highest BCUT2D eigenvalue weighted by Gasteiger charge is 2.15. The second-order valence-corrected chi connectivity index (χ2v) is 5.89. The lowest BCUT2D eigenvalue weighted by atomic mass is 10.0. The van der Waals surface area contributed by atoms with Crippen molar-refractivity contribution in [2.75, 3.05) is 6.26 Å². The molecule has 0 saturated carbocycles. The fourth-order valence-corrected chi connectivity index (χ4v) is 2.83. The summed E-state index contributed by atoms with van der Waals surface area (Å²) < 4.78 is 6.07. The SMILES string of the molecule is CSc1cccc(Oc2ccccc2C(C)C)c1C(=N)N. The molecule has 0 atom stereocenters. The molecule has 2 aromatic rings. The minimum absolute atomic E-state index is 0.0250. The maximum absolute atomic E-state index is 7.81. The first-order valence-electron chi connectivity index (χ1n) is 6.82. The standard InChI is InChI=1S/C17H20N2OS/c1-11(2)12-7-4-5-8-13(12)20-14-9-6-10-15(21-3)16(14)17(18)19/h4-11H,1-3H3,(H3,18,19). The van der Waals surface area contributed by atoms with E-state index in [1.165, 1.54) is 0 Å². The minimum atomic E-state index is 0.0250. The average Bonchev–Trinajstić information content (AvgIpc) is 2.47. The summed E-state index contributed by atoms with van der Waals surface area (Å²) in [6, 6.07) is 13.7. The van der Waals surface area contributed by atoms with Gasteiger partial charge < -0.3 is 10.5 Å². The second kappa shape index (κ2) is 6.68. The highest BCUT2D eigenvalue weighted by atomic mass is 32.2. The van der Waals surface area contributed by atoms with Crippen molar-refractivity contribution in [3.05, 3.63) is 53.6 Å². The minimum Gasteiger partial charge on any atom is -0.456 e. The smallest absolute Gasteiger partial charge is 0.139 e. The molecular formula is C17H20N2OS. The summed E-state index contributed by atoms with van der Waals surface area (Å²) in [6.45, 7) is 4.26. The van der Waals surface area contributed by atoms with E-state index in [1.807, 2.05) is 42.7 Å². The Balaban J connectivity index is 2.48. The quantitative estimate of drug-likeness (QED) is 0.481. The molecular weight excluding hydrogens is 280 g/mol. The van der Waals surface area contributed by atoms with E-state index >= 15 is 0 Å². The van der Waals surface area contributed by atoms with Crippen LogP contribution in [0.25, 0.3) is 0 Å². The van der Waals surface area contributed by atoms with E-state index in [0.29, 0.717) is 17.2 Å². The topological polar surface area (TPSA) is 59.1 Å². The Morgan fingerprint density at radius 1 is 1.10 bits per heavy atom. The number of para-hydroxylation sites is 1. The number of thioether (sulfide) groups is 1. The number of hydrogen-bond donors (Lipinski definition) is 2. The summed E-state index contributed by atoms with van der Waals surface area (Å²) in [5, 5.41) is 7.81. The van der Waals surface area contributed by atoms with Crippen molar-refractivity contribution in [3.8, 4) is 11.5 Å². The Kier molecular flexibility index (Phi) is 4.91. The van der Waals surface area contributed by atoms with Crippen molar-refractivity contribution >= 4 is 17.6 Å². The molecule has 2 rings (SSSR count). The van der Waals surface area contributed by atoms with Crippen molar-refractivity contribution in [2.45, 2.75) is 24.7 Å². The lowest BCUT2D eigenvalue weighted by Crippen LogP contribution is -2.13. The van der Waals surface area contributed by atoms with Crippen LogP contribution in [0.1, 0.15) is 30.9 Å². The van der Waals surface area contributed by atoms with E-state index < -0.39 is 0 Å². The molecule has 110 valence electrons. The number of nitrogens with one attached hydrogen (secondary N) is 1. The number of ether oxygens (including phenoxy) is 1. The fraction of sp³-hybridized carbons (Fsp3) is 0.235. The zero-order valence-corrected chi connectivity index (χ0v) is 13.3. The van der Waals surface area contributed by atoms with Crippen LogP contribution in [0.3, 0.4) is 0 Å². The van der Waals surface area contributed by atoms with Crippen molar-refractivity contribution < 1.29 is 4.74 Å². The molecule has 0 aliphatic rings. The first kappa shape index (κ1) is 15.4. The van der Waals surface area contributed by atoms with Crippen LogP contribution in [0.2, 0.25) is 0 Å². The summed E-state index contributed by atoms with van der Waals surface area (Å²) in [6.07, 6.45) is 1.97. The van der Waals surface area contributed by atoms with Crippen LogP contribution in [0.15, 0.2) is 47.4 Å². The summed E-state index contributed by atoms with van der Waals surface area (Å²) in [5.74, 6) is 1.83. The van der Waals surface area contributed by atoms with Gasteiger partial charge in [0.25, 0.3) is 0 Å². The molecule has 3 nitrogen and oxygen atoms in total. The molecule has 0 radical (unpaired) electrons.